The maximum atomic E-state index is 13.8. The molecular formula is C19H18F2N4O. The van der Waals surface area contributed by atoms with Crippen LogP contribution in [0.2, 0.25) is 0 Å². The van der Waals surface area contributed by atoms with Crippen molar-refractivity contribution in [3.63, 3.8) is 0 Å². The zero-order chi connectivity index (χ0) is 18.1. The number of nitrogens with zero attached hydrogens (tertiary/aromatic N) is 4. The van der Waals surface area contributed by atoms with E-state index < -0.39 is 23.1 Å². The normalized spacial score (nSPS) is 15.5. The molecule has 0 aliphatic carbocycles. The molecule has 1 saturated heterocycles. The first-order chi connectivity index (χ1) is 12.6. The van der Waals surface area contributed by atoms with E-state index in [-0.39, 0.29) is 0 Å². The molecule has 5 nitrogen and oxygen atoms in total. The molecule has 0 saturated carbocycles. The summed E-state index contributed by atoms with van der Waals surface area (Å²) >= 11 is 0. The third kappa shape index (κ3) is 3.17. The topological polar surface area (TPSA) is 40.9 Å². The Labute approximate surface area is 149 Å². The third-order valence-electron chi connectivity index (χ3n) is 4.64. The van der Waals surface area contributed by atoms with Gasteiger partial charge in [0.2, 0.25) is 0 Å². The van der Waals surface area contributed by atoms with Crippen molar-refractivity contribution in [1.82, 2.24) is 19.4 Å². The zero-order valence-electron chi connectivity index (χ0n) is 14.1. The minimum Gasteiger partial charge on any atom is -0.336 e. The minimum atomic E-state index is -0.817. The molecule has 1 aromatic carbocycles. The molecule has 7 heteroatoms. The van der Waals surface area contributed by atoms with Gasteiger partial charge in [-0.15, -0.1) is 0 Å². The van der Waals surface area contributed by atoms with Gasteiger partial charge in [0.15, 0.2) is 0 Å². The molecule has 1 amide bonds. The molecule has 0 N–H and O–H groups in total. The van der Waals surface area contributed by atoms with E-state index in [1.165, 1.54) is 11.0 Å². The third-order valence-corrected chi connectivity index (χ3v) is 4.64. The molecule has 0 unspecified atom stereocenters. The number of benzene rings is 1. The number of carbonyl (C=O) groups excluding carboxylic acids is 1. The van der Waals surface area contributed by atoms with Crippen molar-refractivity contribution in [2.75, 3.05) is 26.2 Å². The number of hydrogen-bond donors (Lipinski definition) is 0. The number of fused-ring (bicyclic) bond motifs is 1. The van der Waals surface area contributed by atoms with Gasteiger partial charge in [0.1, 0.15) is 17.2 Å². The Kier molecular flexibility index (Phi) is 4.38. The highest BCUT2D eigenvalue weighted by Gasteiger charge is 2.26. The fourth-order valence-corrected chi connectivity index (χ4v) is 3.27. The fourth-order valence-electron chi connectivity index (χ4n) is 3.27. The lowest BCUT2D eigenvalue weighted by Gasteiger charge is -2.34. The van der Waals surface area contributed by atoms with E-state index in [2.05, 4.69) is 10.00 Å². The van der Waals surface area contributed by atoms with Crippen LogP contribution in [-0.4, -0.2) is 51.5 Å². The lowest BCUT2D eigenvalue weighted by molar-refractivity contribution is 0.0617. The van der Waals surface area contributed by atoms with E-state index in [0.717, 1.165) is 23.3 Å². The summed E-state index contributed by atoms with van der Waals surface area (Å²) in [5.41, 5.74) is 1.52. The molecule has 1 aliphatic heterocycles. The molecule has 134 valence electrons. The second-order valence-corrected chi connectivity index (χ2v) is 6.37. The molecule has 0 radical (unpaired) electrons. The van der Waals surface area contributed by atoms with Gasteiger partial charge < -0.3 is 4.90 Å². The molecule has 1 aliphatic rings. The molecule has 3 aromatic rings. The Balaban J connectivity index is 1.40. The molecule has 26 heavy (non-hydrogen) atoms. The number of amides is 1. The molecular weight excluding hydrogens is 338 g/mol. The highest BCUT2D eigenvalue weighted by atomic mass is 19.1. The Hall–Kier alpha value is -2.80. The average molecular weight is 356 g/mol. The zero-order valence-corrected chi connectivity index (χ0v) is 14.1. The van der Waals surface area contributed by atoms with Crippen molar-refractivity contribution in [2.45, 2.75) is 6.54 Å². The van der Waals surface area contributed by atoms with Gasteiger partial charge in [0.05, 0.1) is 11.2 Å². The van der Waals surface area contributed by atoms with Crippen LogP contribution in [-0.2, 0) is 6.54 Å². The maximum absolute atomic E-state index is 13.8. The largest absolute Gasteiger partial charge is 0.336 e. The Morgan fingerprint density at radius 2 is 1.73 bits per heavy atom. The van der Waals surface area contributed by atoms with Crippen LogP contribution in [0.15, 0.2) is 48.7 Å². The van der Waals surface area contributed by atoms with Gasteiger partial charge in [-0.3, -0.25) is 9.69 Å². The smallest absolute Gasteiger partial charge is 0.259 e. The second-order valence-electron chi connectivity index (χ2n) is 6.37. The fraction of sp³-hybridized carbons (Fsp3) is 0.263. The summed E-state index contributed by atoms with van der Waals surface area (Å²) < 4.78 is 29.5. The van der Waals surface area contributed by atoms with Crippen LogP contribution in [0.1, 0.15) is 16.1 Å². The lowest BCUT2D eigenvalue weighted by Crippen LogP contribution is -2.48. The van der Waals surface area contributed by atoms with Crippen molar-refractivity contribution >= 4 is 11.4 Å². The number of carbonyl (C=O) groups is 1. The van der Waals surface area contributed by atoms with Crippen molar-refractivity contribution in [3.05, 3.63) is 71.6 Å². The quantitative estimate of drug-likeness (QED) is 0.724. The van der Waals surface area contributed by atoms with Crippen LogP contribution in [0, 0.1) is 11.6 Å². The molecule has 0 spiro atoms. The van der Waals surface area contributed by atoms with Gasteiger partial charge in [-0.1, -0.05) is 12.1 Å². The number of piperazine rings is 1. The lowest BCUT2D eigenvalue weighted by atomic mass is 10.1. The molecule has 4 rings (SSSR count). The summed E-state index contributed by atoms with van der Waals surface area (Å²) in [6, 6.07) is 11.4. The molecule has 1 fully saturated rings. The first kappa shape index (κ1) is 16.7. The van der Waals surface area contributed by atoms with E-state index in [1.807, 2.05) is 35.0 Å². The molecule has 3 heterocycles. The van der Waals surface area contributed by atoms with Gasteiger partial charge in [-0.05, 0) is 30.3 Å². The van der Waals surface area contributed by atoms with Gasteiger partial charge >= 0.3 is 0 Å². The Bertz CT molecular complexity index is 894. The van der Waals surface area contributed by atoms with Crippen LogP contribution < -0.4 is 0 Å². The van der Waals surface area contributed by atoms with Gasteiger partial charge in [0, 0.05) is 38.9 Å². The van der Waals surface area contributed by atoms with E-state index in [0.29, 0.717) is 32.7 Å². The first-order valence-corrected chi connectivity index (χ1v) is 8.51. The Morgan fingerprint density at radius 1 is 1.00 bits per heavy atom. The Morgan fingerprint density at radius 3 is 2.42 bits per heavy atom. The summed E-state index contributed by atoms with van der Waals surface area (Å²) in [6.07, 6.45) is 1.90. The predicted molar refractivity (Wildman–Crippen MR) is 92.7 cm³/mol. The van der Waals surface area contributed by atoms with E-state index in [1.54, 1.807) is 0 Å². The van der Waals surface area contributed by atoms with Crippen LogP contribution in [0.3, 0.4) is 0 Å². The average Bonchev–Trinajstić information content (AvgIpc) is 3.04. The number of aromatic nitrogens is 2. The summed E-state index contributed by atoms with van der Waals surface area (Å²) in [6.45, 7) is 2.81. The molecule has 0 atom stereocenters. The predicted octanol–water partition coefficient (Wildman–Crippen LogP) is 2.57. The highest BCUT2D eigenvalue weighted by molar-refractivity contribution is 5.94. The first-order valence-electron chi connectivity index (χ1n) is 8.51. The number of rotatable bonds is 3. The van der Waals surface area contributed by atoms with E-state index in [4.69, 9.17) is 0 Å². The monoisotopic (exact) mass is 356 g/mol. The standard InChI is InChI=1S/C19H18F2N4O/c20-16-5-3-6-17(21)18(16)19(26)24-10-8-23(9-11-24)13-14-12-15-4-1-2-7-25(15)22-14/h1-7,12H,8-11,13H2. The van der Waals surface area contributed by atoms with Gasteiger partial charge in [0.25, 0.3) is 5.91 Å². The van der Waals surface area contributed by atoms with Gasteiger partial charge in [-0.25, -0.2) is 13.3 Å². The number of pyridine rings is 1. The van der Waals surface area contributed by atoms with Crippen LogP contribution >= 0.6 is 0 Å². The van der Waals surface area contributed by atoms with Crippen molar-refractivity contribution < 1.29 is 13.6 Å². The number of hydrogen-bond acceptors (Lipinski definition) is 3. The summed E-state index contributed by atoms with van der Waals surface area (Å²) in [5.74, 6) is -2.22. The summed E-state index contributed by atoms with van der Waals surface area (Å²) in [7, 11) is 0. The van der Waals surface area contributed by atoms with Crippen molar-refractivity contribution in [3.8, 4) is 0 Å². The maximum Gasteiger partial charge on any atom is 0.259 e. The summed E-state index contributed by atoms with van der Waals surface area (Å²) in [5, 5.41) is 4.53. The molecule has 2 aromatic heterocycles. The van der Waals surface area contributed by atoms with E-state index in [9.17, 15) is 13.6 Å². The molecule has 0 bridgehead atoms. The van der Waals surface area contributed by atoms with Crippen LogP contribution in [0.25, 0.3) is 5.52 Å². The van der Waals surface area contributed by atoms with Gasteiger partial charge in [-0.2, -0.15) is 5.10 Å². The highest BCUT2D eigenvalue weighted by Crippen LogP contribution is 2.17. The van der Waals surface area contributed by atoms with Crippen LogP contribution in [0.5, 0.6) is 0 Å². The number of halogens is 2. The van der Waals surface area contributed by atoms with Crippen molar-refractivity contribution in [1.29, 1.82) is 0 Å². The SMILES string of the molecule is O=C(c1c(F)cccc1F)N1CCN(Cc2cc3ccccn3n2)CC1. The van der Waals surface area contributed by atoms with E-state index >= 15 is 0 Å². The minimum absolute atomic E-state index is 0.431. The summed E-state index contributed by atoms with van der Waals surface area (Å²) in [4.78, 5) is 16.1. The van der Waals surface area contributed by atoms with Crippen LogP contribution in [0.4, 0.5) is 8.78 Å². The van der Waals surface area contributed by atoms with Crippen molar-refractivity contribution in [2.24, 2.45) is 0 Å². The second kappa shape index (κ2) is 6.84.